The van der Waals surface area contributed by atoms with E-state index in [0.717, 1.165) is 46.0 Å². The van der Waals surface area contributed by atoms with Crippen LogP contribution in [0.2, 0.25) is 0 Å². The first-order valence-corrected chi connectivity index (χ1v) is 16.3. The molecule has 5 rings (SSSR count). The summed E-state index contributed by atoms with van der Waals surface area (Å²) in [6.45, 7) is 7.31. The van der Waals surface area contributed by atoms with Crippen LogP contribution in [0.25, 0.3) is 10.8 Å². The number of aromatic nitrogens is 2. The van der Waals surface area contributed by atoms with E-state index in [1.807, 2.05) is 54.0 Å². The summed E-state index contributed by atoms with van der Waals surface area (Å²) < 4.78 is 1.93. The summed E-state index contributed by atoms with van der Waals surface area (Å²) in [7, 11) is 0. The van der Waals surface area contributed by atoms with E-state index in [1.54, 1.807) is 24.7 Å². The normalized spacial score (nSPS) is 12.4. The van der Waals surface area contributed by atoms with Crippen LogP contribution in [0.5, 0.6) is 0 Å². The standard InChI is InChI=1S/C37H40N6O3S/c1-4-26(2)19-20-39-42(37(47)40-31-13-7-9-27(3)21-31)36(44)34(22-30-12-8-11-29-10-5-6-14-33(29)30)35-23-38-25-41(35)24-28-15-17-32(18-16-28)43(45)46/h5-18,21,23,25-26,34,39H,4,19-20,22,24H2,1-3H3,(H,40,47)/t26-,34?/m0/s1. The number of hydrogen-bond donors (Lipinski definition) is 2. The fraction of sp³-hybridized carbons (Fsp3) is 0.270. The molecular weight excluding hydrogens is 609 g/mol. The molecule has 0 aliphatic carbocycles. The zero-order valence-corrected chi connectivity index (χ0v) is 27.7. The van der Waals surface area contributed by atoms with Crippen molar-refractivity contribution in [1.82, 2.24) is 20.0 Å². The van der Waals surface area contributed by atoms with Crippen LogP contribution in [0.1, 0.15) is 55.0 Å². The lowest BCUT2D eigenvalue weighted by molar-refractivity contribution is -0.384. The lowest BCUT2D eigenvalue weighted by atomic mass is 9.92. The number of nitrogens with one attached hydrogen (secondary N) is 2. The predicted molar refractivity (Wildman–Crippen MR) is 191 cm³/mol. The molecule has 1 heterocycles. The number of thiocarbonyl (C=S) groups is 1. The quantitative estimate of drug-likeness (QED) is 0.0763. The average molecular weight is 649 g/mol. The molecule has 0 aliphatic rings. The Morgan fingerprint density at radius 3 is 2.53 bits per heavy atom. The number of fused-ring (bicyclic) bond motifs is 1. The Balaban J connectivity index is 1.53. The van der Waals surface area contributed by atoms with Gasteiger partial charge in [-0.25, -0.2) is 15.4 Å². The SMILES string of the molecule is CC[C@H](C)CCNN(C(=O)C(Cc1cccc2ccccc12)c1cncn1Cc1ccc([N+](=O)[O-])cc1)C(=S)Nc1cccc(C)c1. The van der Waals surface area contributed by atoms with Crippen LogP contribution >= 0.6 is 12.2 Å². The van der Waals surface area contributed by atoms with E-state index in [9.17, 15) is 14.9 Å². The Kier molecular flexibility index (Phi) is 11.1. The van der Waals surface area contributed by atoms with E-state index in [0.29, 0.717) is 31.1 Å². The van der Waals surface area contributed by atoms with Gasteiger partial charge in [0.2, 0.25) is 0 Å². The van der Waals surface area contributed by atoms with Crippen molar-refractivity contribution in [1.29, 1.82) is 0 Å². The van der Waals surface area contributed by atoms with Crippen molar-refractivity contribution < 1.29 is 9.72 Å². The summed E-state index contributed by atoms with van der Waals surface area (Å²) in [6, 6.07) is 28.6. The Morgan fingerprint density at radius 1 is 1.04 bits per heavy atom. The van der Waals surface area contributed by atoms with E-state index >= 15 is 0 Å². The third kappa shape index (κ3) is 8.46. The maximum Gasteiger partial charge on any atom is 0.269 e. The summed E-state index contributed by atoms with van der Waals surface area (Å²) in [4.78, 5) is 30.1. The number of nitro groups is 1. The average Bonchev–Trinajstić information content (AvgIpc) is 3.53. The van der Waals surface area contributed by atoms with Gasteiger partial charge in [-0.05, 0) is 77.5 Å². The van der Waals surface area contributed by atoms with Crippen LogP contribution in [0.15, 0.2) is 104 Å². The van der Waals surface area contributed by atoms with Gasteiger partial charge in [0.15, 0.2) is 5.11 Å². The first-order chi connectivity index (χ1) is 22.7. The molecular formula is C37H40N6O3S. The molecule has 2 N–H and O–H groups in total. The van der Waals surface area contributed by atoms with Gasteiger partial charge in [0, 0.05) is 37.1 Å². The van der Waals surface area contributed by atoms with Gasteiger partial charge >= 0.3 is 0 Å². The number of amides is 1. The number of carbonyl (C=O) groups excluding carboxylic acids is 1. The lowest BCUT2D eigenvalue weighted by Gasteiger charge is -2.30. The summed E-state index contributed by atoms with van der Waals surface area (Å²) in [5.41, 5.74) is 7.85. The van der Waals surface area contributed by atoms with Crippen molar-refractivity contribution in [3.05, 3.63) is 136 Å². The molecule has 0 aliphatic heterocycles. The molecule has 0 saturated heterocycles. The molecule has 4 aromatic carbocycles. The zero-order valence-electron chi connectivity index (χ0n) is 26.9. The van der Waals surface area contributed by atoms with Crippen molar-refractivity contribution in [2.45, 2.75) is 52.5 Å². The molecule has 9 nitrogen and oxygen atoms in total. The third-order valence-electron chi connectivity index (χ3n) is 8.50. The first kappa shape index (κ1) is 33.4. The molecule has 0 radical (unpaired) electrons. The number of benzene rings is 4. The van der Waals surface area contributed by atoms with Crippen molar-refractivity contribution in [3.63, 3.8) is 0 Å². The van der Waals surface area contributed by atoms with Crippen molar-refractivity contribution >= 4 is 45.4 Å². The van der Waals surface area contributed by atoms with Gasteiger partial charge in [-0.15, -0.1) is 0 Å². The summed E-state index contributed by atoms with van der Waals surface area (Å²) in [6.07, 6.45) is 5.74. The van der Waals surface area contributed by atoms with Crippen LogP contribution < -0.4 is 10.7 Å². The van der Waals surface area contributed by atoms with Crippen LogP contribution in [0.4, 0.5) is 11.4 Å². The lowest BCUT2D eigenvalue weighted by Crippen LogP contribution is -2.51. The van der Waals surface area contributed by atoms with Gasteiger partial charge < -0.3 is 9.88 Å². The Bertz CT molecular complexity index is 1850. The number of hydrogen-bond acceptors (Lipinski definition) is 6. The van der Waals surface area contributed by atoms with E-state index in [4.69, 9.17) is 12.2 Å². The number of rotatable bonds is 13. The number of carbonyl (C=O) groups is 1. The van der Waals surface area contributed by atoms with Crippen molar-refractivity contribution in [3.8, 4) is 0 Å². The largest absolute Gasteiger partial charge is 0.331 e. The molecule has 1 unspecified atom stereocenters. The van der Waals surface area contributed by atoms with Crippen LogP contribution in [-0.2, 0) is 17.8 Å². The van der Waals surface area contributed by atoms with Crippen LogP contribution in [0, 0.1) is 23.0 Å². The minimum atomic E-state index is -0.658. The summed E-state index contributed by atoms with van der Waals surface area (Å²) in [5.74, 6) is -0.389. The second-order valence-electron chi connectivity index (χ2n) is 11.9. The maximum atomic E-state index is 14.9. The minimum absolute atomic E-state index is 0.0253. The van der Waals surface area contributed by atoms with Crippen molar-refractivity contribution in [2.24, 2.45) is 5.92 Å². The van der Waals surface area contributed by atoms with E-state index in [-0.39, 0.29) is 16.7 Å². The fourth-order valence-corrected chi connectivity index (χ4v) is 5.89. The number of nitro benzene ring substituents is 1. The highest BCUT2D eigenvalue weighted by Gasteiger charge is 2.32. The van der Waals surface area contributed by atoms with Gasteiger partial charge in [-0.3, -0.25) is 14.9 Å². The number of nitrogens with zero attached hydrogens (tertiary/aromatic N) is 4. The second kappa shape index (κ2) is 15.6. The number of hydrazine groups is 1. The summed E-state index contributed by atoms with van der Waals surface area (Å²) in [5, 5.41) is 18.4. The zero-order chi connectivity index (χ0) is 33.3. The smallest absolute Gasteiger partial charge is 0.269 e. The molecule has 0 fully saturated rings. The van der Waals surface area contributed by atoms with Gasteiger partial charge in [0.25, 0.3) is 11.6 Å². The number of imidazole rings is 1. The van der Waals surface area contributed by atoms with Crippen LogP contribution in [0.3, 0.4) is 0 Å². The minimum Gasteiger partial charge on any atom is -0.331 e. The van der Waals surface area contributed by atoms with E-state index in [1.165, 1.54) is 17.1 Å². The highest BCUT2D eigenvalue weighted by Crippen LogP contribution is 2.29. The topological polar surface area (TPSA) is 105 Å². The van der Waals surface area contributed by atoms with Gasteiger partial charge in [0.1, 0.15) is 0 Å². The van der Waals surface area contributed by atoms with E-state index in [2.05, 4.69) is 53.8 Å². The molecule has 2 atom stereocenters. The number of anilines is 1. The Hall–Kier alpha value is -4.93. The van der Waals surface area contributed by atoms with E-state index < -0.39 is 10.8 Å². The summed E-state index contributed by atoms with van der Waals surface area (Å²) >= 11 is 5.90. The molecule has 1 aromatic heterocycles. The third-order valence-corrected chi connectivity index (χ3v) is 8.79. The molecule has 0 bridgehead atoms. The molecule has 242 valence electrons. The maximum absolute atomic E-state index is 14.9. The number of aryl methyl sites for hydroxylation is 1. The molecule has 10 heteroatoms. The second-order valence-corrected chi connectivity index (χ2v) is 12.3. The Morgan fingerprint density at radius 2 is 1.79 bits per heavy atom. The first-order valence-electron chi connectivity index (χ1n) is 15.9. The molecule has 0 spiro atoms. The molecule has 5 aromatic rings. The monoisotopic (exact) mass is 648 g/mol. The number of non-ortho nitro benzene ring substituents is 1. The highest BCUT2D eigenvalue weighted by molar-refractivity contribution is 7.80. The van der Waals surface area contributed by atoms with Gasteiger partial charge in [0.05, 0.1) is 22.9 Å². The van der Waals surface area contributed by atoms with Gasteiger partial charge in [-0.2, -0.15) is 0 Å². The molecule has 1 amide bonds. The highest BCUT2D eigenvalue weighted by atomic mass is 32.1. The van der Waals surface area contributed by atoms with Crippen LogP contribution in [-0.4, -0.2) is 37.0 Å². The fourth-order valence-electron chi connectivity index (χ4n) is 5.62. The molecule has 0 saturated carbocycles. The molecule has 47 heavy (non-hydrogen) atoms. The van der Waals surface area contributed by atoms with Crippen molar-refractivity contribution in [2.75, 3.05) is 11.9 Å². The Labute approximate surface area is 280 Å². The predicted octanol–water partition coefficient (Wildman–Crippen LogP) is 7.79. The van der Waals surface area contributed by atoms with Gasteiger partial charge in [-0.1, -0.05) is 87.0 Å².